The second-order valence-corrected chi connectivity index (χ2v) is 5.42. The fourth-order valence-electron chi connectivity index (χ4n) is 0.359. The monoisotopic (exact) mass is 479 g/mol. The molecule has 0 aromatic carbocycles. The third-order valence-electron chi connectivity index (χ3n) is 0.935. The zero-order valence-corrected chi connectivity index (χ0v) is 12.1. The van der Waals surface area contributed by atoms with Crippen LogP contribution in [0.1, 0.15) is 13.8 Å². The highest BCUT2D eigenvalue weighted by atomic mass is 127. The number of halogens is 3. The molecule has 0 spiro atoms. The van der Waals surface area contributed by atoms with Crippen LogP contribution in [0.2, 0.25) is 0 Å². The molecule has 0 saturated carbocycles. The highest BCUT2D eigenvalue weighted by molar-refractivity contribution is 14.1. The SMILES string of the molecule is CC(C)C(I)N(I)C(=O)I. The van der Waals surface area contributed by atoms with Crippen molar-refractivity contribution in [1.29, 1.82) is 0 Å². The lowest BCUT2D eigenvalue weighted by atomic mass is 10.2. The molecule has 1 atom stereocenters. The van der Waals surface area contributed by atoms with E-state index in [4.69, 9.17) is 0 Å². The van der Waals surface area contributed by atoms with Gasteiger partial charge in [-0.25, -0.2) is 0 Å². The maximum atomic E-state index is 10.8. The molecule has 0 aliphatic rings. The van der Waals surface area contributed by atoms with Gasteiger partial charge in [-0.2, -0.15) is 0 Å². The summed E-state index contributed by atoms with van der Waals surface area (Å²) in [6, 6.07) is 0. The number of alkyl halides is 1. The molecule has 0 saturated heterocycles. The van der Waals surface area contributed by atoms with Gasteiger partial charge in [-0.1, -0.05) is 36.4 Å². The summed E-state index contributed by atoms with van der Waals surface area (Å²) in [6.07, 6.45) is 0. The molecule has 0 aliphatic heterocycles. The molecule has 0 N–H and O–H groups in total. The Kier molecular flexibility index (Phi) is 6.22. The van der Waals surface area contributed by atoms with Crippen LogP contribution in [0, 0.1) is 5.92 Å². The largest absolute Gasteiger partial charge is 0.292 e. The van der Waals surface area contributed by atoms with Crippen molar-refractivity contribution in [3.05, 3.63) is 0 Å². The Morgan fingerprint density at radius 1 is 1.50 bits per heavy atom. The number of rotatable bonds is 2. The molecular formula is C5H8I3NO. The molecule has 0 radical (unpaired) electrons. The van der Waals surface area contributed by atoms with Gasteiger partial charge >= 0.3 is 0 Å². The highest BCUT2D eigenvalue weighted by Crippen LogP contribution is 2.23. The topological polar surface area (TPSA) is 20.3 Å². The lowest BCUT2D eigenvalue weighted by molar-refractivity contribution is 0.250. The van der Waals surface area contributed by atoms with E-state index in [0.29, 0.717) is 9.97 Å². The summed E-state index contributed by atoms with van der Waals surface area (Å²) in [5, 5.41) is 0. The minimum atomic E-state index is 0.0892. The van der Waals surface area contributed by atoms with Crippen LogP contribution in [-0.4, -0.2) is 11.1 Å². The summed E-state index contributed by atoms with van der Waals surface area (Å²) < 4.78 is 2.10. The average Bonchev–Trinajstić information content (AvgIpc) is 1.84. The van der Waals surface area contributed by atoms with Gasteiger partial charge in [0.15, 0.2) is 0 Å². The van der Waals surface area contributed by atoms with Crippen LogP contribution in [0.3, 0.4) is 0 Å². The van der Waals surface area contributed by atoms with Crippen LogP contribution in [0.15, 0.2) is 0 Å². The number of hydrogen-bond acceptors (Lipinski definition) is 1. The molecule has 1 unspecified atom stereocenters. The van der Waals surface area contributed by atoms with Crippen molar-refractivity contribution < 1.29 is 4.79 Å². The summed E-state index contributed by atoms with van der Waals surface area (Å²) in [4.78, 5) is 10.8. The van der Waals surface area contributed by atoms with Gasteiger partial charge in [0, 0.05) is 22.6 Å². The van der Waals surface area contributed by atoms with E-state index in [1.54, 1.807) is 25.7 Å². The third kappa shape index (κ3) is 3.88. The summed E-state index contributed by atoms with van der Waals surface area (Å²) in [6.45, 7) is 4.20. The van der Waals surface area contributed by atoms with Crippen molar-refractivity contribution in [3.8, 4) is 0 Å². The van der Waals surface area contributed by atoms with Crippen LogP contribution in [0.25, 0.3) is 0 Å². The molecule has 1 amide bonds. The van der Waals surface area contributed by atoms with E-state index in [0.717, 1.165) is 0 Å². The average molecular weight is 479 g/mol. The predicted octanol–water partition coefficient (Wildman–Crippen LogP) is 3.61. The molecule has 5 heteroatoms. The van der Waals surface area contributed by atoms with E-state index < -0.39 is 0 Å². The molecule has 0 aliphatic carbocycles. The van der Waals surface area contributed by atoms with Crippen molar-refractivity contribution in [3.63, 3.8) is 0 Å². The molecule has 2 nitrogen and oxygen atoms in total. The van der Waals surface area contributed by atoms with E-state index in [1.807, 2.05) is 22.9 Å². The number of nitrogens with zero attached hydrogens (tertiary/aromatic N) is 1. The second-order valence-electron chi connectivity index (χ2n) is 2.18. The van der Waals surface area contributed by atoms with Crippen molar-refractivity contribution in [2.75, 3.05) is 0 Å². The molecule has 0 aromatic heterocycles. The first-order valence-corrected chi connectivity index (χ1v) is 6.04. The van der Waals surface area contributed by atoms with Crippen molar-refractivity contribution in [1.82, 2.24) is 3.11 Å². The van der Waals surface area contributed by atoms with Gasteiger partial charge in [-0.15, -0.1) is 0 Å². The first-order valence-electron chi connectivity index (χ1n) is 2.75. The van der Waals surface area contributed by atoms with Crippen molar-refractivity contribution in [2.45, 2.75) is 17.9 Å². The summed E-state index contributed by atoms with van der Waals surface area (Å²) in [5.74, 6) is 0.510. The number of carbonyl (C=O) groups is 1. The smallest absolute Gasteiger partial charge is 0.263 e. The Morgan fingerprint density at radius 3 is 2.00 bits per heavy atom. The van der Waals surface area contributed by atoms with Crippen LogP contribution < -0.4 is 0 Å². The molecule has 0 fully saturated rings. The van der Waals surface area contributed by atoms with Crippen LogP contribution in [0.5, 0.6) is 0 Å². The molecule has 10 heavy (non-hydrogen) atoms. The van der Waals surface area contributed by atoms with E-state index in [1.165, 1.54) is 0 Å². The molecule has 0 bridgehead atoms. The molecule has 0 aromatic rings. The minimum Gasteiger partial charge on any atom is -0.263 e. The second kappa shape index (κ2) is 5.33. The summed E-state index contributed by atoms with van der Waals surface area (Å²) in [7, 11) is 0. The zero-order chi connectivity index (χ0) is 8.31. The standard InChI is InChI=1S/C5H8I3NO/c1-3(2)4(6)9(8)5(7)10/h3-4H,1-2H3. The summed E-state index contributed by atoms with van der Waals surface area (Å²) >= 11 is 6.10. The first-order chi connectivity index (χ1) is 4.46. The molecular weight excluding hydrogens is 471 g/mol. The van der Waals surface area contributed by atoms with E-state index >= 15 is 0 Å². The lowest BCUT2D eigenvalue weighted by Crippen LogP contribution is -2.26. The Balaban J connectivity index is 3.94. The Labute approximate surface area is 102 Å². The maximum Gasteiger partial charge on any atom is 0.292 e. The van der Waals surface area contributed by atoms with Crippen LogP contribution >= 0.6 is 68.0 Å². The number of amides is 1. The van der Waals surface area contributed by atoms with Crippen molar-refractivity contribution in [2.24, 2.45) is 5.92 Å². The van der Waals surface area contributed by atoms with Gasteiger partial charge in [-0.3, -0.25) is 7.91 Å². The van der Waals surface area contributed by atoms with Crippen LogP contribution in [-0.2, 0) is 0 Å². The first kappa shape index (κ1) is 11.7. The number of carbonyl (C=O) groups excluding carboxylic acids is 1. The Bertz CT molecular complexity index is 128. The Hall–Kier alpha value is 1.66. The van der Waals surface area contributed by atoms with E-state index in [-0.39, 0.29) is 3.91 Å². The van der Waals surface area contributed by atoms with Gasteiger partial charge in [0.05, 0.1) is 26.9 Å². The van der Waals surface area contributed by atoms with Crippen molar-refractivity contribution >= 4 is 72.0 Å². The highest BCUT2D eigenvalue weighted by Gasteiger charge is 2.18. The normalized spacial score (nSPS) is 13.4. The van der Waals surface area contributed by atoms with E-state index in [2.05, 4.69) is 36.4 Å². The van der Waals surface area contributed by atoms with Gasteiger partial charge in [0.2, 0.25) is 0 Å². The molecule has 0 rings (SSSR count). The molecule has 0 heterocycles. The quantitative estimate of drug-likeness (QED) is 0.195. The minimum absolute atomic E-state index is 0.0892. The van der Waals surface area contributed by atoms with Gasteiger partial charge in [0.1, 0.15) is 0 Å². The van der Waals surface area contributed by atoms with E-state index in [9.17, 15) is 4.79 Å². The lowest BCUT2D eigenvalue weighted by Gasteiger charge is -2.21. The maximum absolute atomic E-state index is 10.8. The zero-order valence-electron chi connectivity index (χ0n) is 5.64. The fraction of sp³-hybridized carbons (Fsp3) is 0.800. The van der Waals surface area contributed by atoms with Gasteiger partial charge in [-0.05, 0) is 5.92 Å². The Morgan fingerprint density at radius 2 is 1.90 bits per heavy atom. The predicted molar refractivity (Wildman–Crippen MR) is 67.9 cm³/mol. The van der Waals surface area contributed by atoms with Gasteiger partial charge < -0.3 is 0 Å². The van der Waals surface area contributed by atoms with Gasteiger partial charge in [0.25, 0.3) is 3.91 Å². The van der Waals surface area contributed by atoms with Crippen LogP contribution in [0.4, 0.5) is 4.79 Å². The number of hydrogen-bond donors (Lipinski definition) is 0. The fourth-order valence-corrected chi connectivity index (χ4v) is 2.09. The summed E-state index contributed by atoms with van der Waals surface area (Å²) in [5.41, 5.74) is 0. The third-order valence-corrected chi connectivity index (χ3v) is 6.48. The molecule has 60 valence electrons.